The third kappa shape index (κ3) is 4.53. The van der Waals surface area contributed by atoms with Crippen LogP contribution in [-0.2, 0) is 10.0 Å². The summed E-state index contributed by atoms with van der Waals surface area (Å²) in [6.07, 6.45) is 2.57. The number of rotatable bonds is 5. The van der Waals surface area contributed by atoms with Crippen LogP contribution in [0.25, 0.3) is 0 Å². The SMILES string of the molecule is O=S(=O)(N=[C+]N1CC(c2ccccc2)C(c2ccc(Cl)cc2)=N1)c1ccc(Cl)cc1. The molecular formula is C22H16Cl2N3O2S+. The van der Waals surface area contributed by atoms with Crippen molar-refractivity contribution in [2.45, 2.75) is 10.8 Å². The highest BCUT2D eigenvalue weighted by molar-refractivity contribution is 7.90. The van der Waals surface area contributed by atoms with Gasteiger partial charge >= 0.3 is 16.4 Å². The Balaban J connectivity index is 1.64. The number of hydrazone groups is 1. The molecule has 0 amide bonds. The van der Waals surface area contributed by atoms with Crippen molar-refractivity contribution in [3.05, 3.63) is 100 Å². The van der Waals surface area contributed by atoms with Crippen LogP contribution in [-0.4, -0.2) is 32.0 Å². The molecule has 1 heterocycles. The second kappa shape index (κ2) is 8.54. The summed E-state index contributed by atoms with van der Waals surface area (Å²) in [5, 5.41) is 7.08. The van der Waals surface area contributed by atoms with E-state index < -0.39 is 10.0 Å². The molecule has 0 fully saturated rings. The quantitative estimate of drug-likeness (QED) is 0.305. The lowest BCUT2D eigenvalue weighted by molar-refractivity contribution is 0.489. The maximum atomic E-state index is 12.5. The fourth-order valence-corrected chi connectivity index (χ4v) is 4.19. The fourth-order valence-electron chi connectivity index (χ4n) is 3.15. The first-order chi connectivity index (χ1) is 14.4. The second-order valence-electron chi connectivity index (χ2n) is 6.66. The minimum absolute atomic E-state index is 0.0418. The molecule has 3 aromatic carbocycles. The van der Waals surface area contributed by atoms with Gasteiger partial charge in [0.2, 0.25) is 0 Å². The molecular weight excluding hydrogens is 441 g/mol. The normalized spacial score (nSPS) is 16.5. The third-order valence-electron chi connectivity index (χ3n) is 4.64. The molecule has 0 radical (unpaired) electrons. The van der Waals surface area contributed by atoms with E-state index >= 15 is 0 Å². The average Bonchev–Trinajstić information content (AvgIpc) is 3.18. The van der Waals surface area contributed by atoms with Crippen molar-refractivity contribution in [1.82, 2.24) is 5.01 Å². The molecule has 150 valence electrons. The number of halogens is 2. The van der Waals surface area contributed by atoms with Crippen molar-refractivity contribution in [2.75, 3.05) is 6.54 Å². The van der Waals surface area contributed by atoms with E-state index in [4.69, 9.17) is 23.2 Å². The molecule has 0 aliphatic carbocycles. The van der Waals surface area contributed by atoms with Crippen molar-refractivity contribution in [2.24, 2.45) is 9.50 Å². The van der Waals surface area contributed by atoms with Gasteiger partial charge in [-0.15, -0.1) is 5.10 Å². The zero-order valence-electron chi connectivity index (χ0n) is 15.6. The molecule has 1 atom stereocenters. The van der Waals surface area contributed by atoms with Crippen LogP contribution in [0.2, 0.25) is 10.0 Å². The summed E-state index contributed by atoms with van der Waals surface area (Å²) in [5.41, 5.74) is 2.76. The Labute approximate surface area is 185 Å². The van der Waals surface area contributed by atoms with Crippen molar-refractivity contribution in [1.29, 1.82) is 0 Å². The number of nitrogens with zero attached hydrogens (tertiary/aromatic N) is 3. The van der Waals surface area contributed by atoms with Crippen LogP contribution < -0.4 is 0 Å². The summed E-state index contributed by atoms with van der Waals surface area (Å²) in [6.45, 7) is 0.418. The van der Waals surface area contributed by atoms with Gasteiger partial charge in [-0.2, -0.15) is 8.42 Å². The van der Waals surface area contributed by atoms with Crippen LogP contribution in [0.15, 0.2) is 93.3 Å². The first kappa shape index (κ1) is 20.5. The summed E-state index contributed by atoms with van der Waals surface area (Å²) in [5.74, 6) is -0.0617. The predicted octanol–water partition coefficient (Wildman–Crippen LogP) is 5.09. The predicted molar refractivity (Wildman–Crippen MR) is 120 cm³/mol. The Bertz CT molecular complexity index is 1190. The van der Waals surface area contributed by atoms with Gasteiger partial charge in [0, 0.05) is 10.0 Å². The number of sulfonamides is 1. The van der Waals surface area contributed by atoms with E-state index in [0.717, 1.165) is 16.8 Å². The van der Waals surface area contributed by atoms with Crippen LogP contribution in [0.4, 0.5) is 0 Å². The highest BCUT2D eigenvalue weighted by Gasteiger charge is 2.35. The van der Waals surface area contributed by atoms with Crippen LogP contribution in [0.1, 0.15) is 17.0 Å². The van der Waals surface area contributed by atoms with Crippen LogP contribution in [0.5, 0.6) is 0 Å². The summed E-state index contributed by atoms with van der Waals surface area (Å²) in [7, 11) is -3.91. The van der Waals surface area contributed by atoms with E-state index in [1.165, 1.54) is 29.3 Å². The molecule has 8 heteroatoms. The van der Waals surface area contributed by atoms with Gasteiger partial charge in [0.1, 0.15) is 10.9 Å². The van der Waals surface area contributed by atoms with Gasteiger partial charge in [-0.05, 0) is 52.5 Å². The first-order valence-corrected chi connectivity index (χ1v) is 11.3. The molecule has 3 aromatic rings. The molecule has 1 aliphatic heterocycles. The molecule has 0 bridgehead atoms. The Morgan fingerprint density at radius 3 is 2.13 bits per heavy atom. The number of hydrogen-bond donors (Lipinski definition) is 0. The topological polar surface area (TPSA) is 62.1 Å². The highest BCUT2D eigenvalue weighted by Crippen LogP contribution is 2.29. The van der Waals surface area contributed by atoms with E-state index in [9.17, 15) is 8.42 Å². The van der Waals surface area contributed by atoms with Crippen LogP contribution in [0.3, 0.4) is 0 Å². The van der Waals surface area contributed by atoms with Gasteiger partial charge in [-0.3, -0.25) is 0 Å². The molecule has 30 heavy (non-hydrogen) atoms. The van der Waals surface area contributed by atoms with Gasteiger partial charge in [0.25, 0.3) is 0 Å². The van der Waals surface area contributed by atoms with Crippen molar-refractivity contribution in [3.8, 4) is 0 Å². The Morgan fingerprint density at radius 2 is 1.50 bits per heavy atom. The number of benzene rings is 3. The second-order valence-corrected chi connectivity index (χ2v) is 9.13. The lowest BCUT2D eigenvalue weighted by atomic mass is 9.91. The van der Waals surface area contributed by atoms with Gasteiger partial charge in [-0.1, -0.05) is 65.7 Å². The van der Waals surface area contributed by atoms with Gasteiger partial charge in [0.15, 0.2) is 0 Å². The highest BCUT2D eigenvalue weighted by atomic mass is 35.5. The molecule has 1 unspecified atom stereocenters. The van der Waals surface area contributed by atoms with Gasteiger partial charge in [-0.25, -0.2) is 0 Å². The molecule has 4 rings (SSSR count). The molecule has 0 N–H and O–H groups in total. The van der Waals surface area contributed by atoms with E-state index in [-0.39, 0.29) is 10.8 Å². The Morgan fingerprint density at radius 1 is 0.900 bits per heavy atom. The van der Waals surface area contributed by atoms with Gasteiger partial charge < -0.3 is 0 Å². The summed E-state index contributed by atoms with van der Waals surface area (Å²) < 4.78 is 28.6. The zero-order valence-corrected chi connectivity index (χ0v) is 17.9. The van der Waals surface area contributed by atoms with Crippen molar-refractivity contribution < 1.29 is 8.42 Å². The van der Waals surface area contributed by atoms with Crippen molar-refractivity contribution >= 4 is 45.3 Å². The smallest absolute Gasteiger partial charge is 0.195 e. The van der Waals surface area contributed by atoms with Crippen molar-refractivity contribution in [3.63, 3.8) is 0 Å². The third-order valence-corrected chi connectivity index (χ3v) is 6.34. The van der Waals surface area contributed by atoms with E-state index in [2.05, 4.69) is 15.8 Å². The standard InChI is InChI=1S/C22H16Cl2N3O2S/c23-18-8-6-17(7-9-18)22-21(16-4-2-1-3-5-16)14-27(26-22)15-25-30(28,29)20-12-10-19(24)11-13-20/h1-13,21H,14H2/q+1. The minimum Gasteiger partial charge on any atom is -0.195 e. The average molecular weight is 457 g/mol. The lowest BCUT2D eigenvalue weighted by Crippen LogP contribution is -2.18. The number of hydrogen-bond acceptors (Lipinski definition) is 3. The fraction of sp³-hybridized carbons (Fsp3) is 0.0909. The molecule has 1 aliphatic rings. The maximum absolute atomic E-state index is 12.5. The molecule has 0 aromatic heterocycles. The summed E-state index contributed by atoms with van der Waals surface area (Å²) >= 11 is 11.8. The summed E-state index contributed by atoms with van der Waals surface area (Å²) in [4.78, 5) is 0.0418. The minimum atomic E-state index is -3.91. The molecule has 0 spiro atoms. The summed E-state index contributed by atoms with van der Waals surface area (Å²) in [6, 6.07) is 23.1. The first-order valence-electron chi connectivity index (χ1n) is 9.07. The Kier molecular flexibility index (Phi) is 5.84. The molecule has 0 saturated heterocycles. The Hall–Kier alpha value is -2.76. The maximum Gasteiger partial charge on any atom is 0.559 e. The van der Waals surface area contributed by atoms with E-state index in [1.807, 2.05) is 42.5 Å². The lowest BCUT2D eigenvalue weighted by Gasteiger charge is -2.11. The van der Waals surface area contributed by atoms with Crippen LogP contribution in [0, 0.1) is 0 Å². The van der Waals surface area contributed by atoms with E-state index in [0.29, 0.717) is 16.6 Å². The van der Waals surface area contributed by atoms with Crippen LogP contribution >= 0.6 is 23.2 Å². The molecule has 0 saturated carbocycles. The monoisotopic (exact) mass is 456 g/mol. The zero-order chi connectivity index (χ0) is 21.1. The molecule has 5 nitrogen and oxygen atoms in total. The van der Waals surface area contributed by atoms with E-state index in [1.54, 1.807) is 12.1 Å². The largest absolute Gasteiger partial charge is 0.559 e. The van der Waals surface area contributed by atoms with Gasteiger partial charge in [0.05, 0.1) is 16.5 Å².